The molecule has 0 radical (unpaired) electrons. The van der Waals surface area contributed by atoms with Crippen molar-refractivity contribution in [2.24, 2.45) is 0 Å². The average Bonchev–Trinajstić information content (AvgIpc) is 3.09. The van der Waals surface area contributed by atoms with Crippen LogP contribution < -0.4 is 9.47 Å². The predicted molar refractivity (Wildman–Crippen MR) is 107 cm³/mol. The third-order valence-electron chi connectivity index (χ3n) is 4.57. The summed E-state index contributed by atoms with van der Waals surface area (Å²) in [4.78, 5) is 18.0. The fourth-order valence-electron chi connectivity index (χ4n) is 3.16. The highest BCUT2D eigenvalue weighted by Gasteiger charge is 2.17. The number of hydrogen-bond acceptors (Lipinski definition) is 3. The number of amides is 1. The molecule has 0 fully saturated rings. The first kappa shape index (κ1) is 18.6. The van der Waals surface area contributed by atoms with Crippen LogP contribution in [0.4, 0.5) is 0 Å². The van der Waals surface area contributed by atoms with Crippen LogP contribution in [-0.2, 0) is 17.8 Å². The van der Waals surface area contributed by atoms with Gasteiger partial charge in [-0.05, 0) is 29.8 Å². The SMILES string of the molecule is C=CCN(Cc1ccccc1OC)C(=O)Cc1c[nH]c2ccc(OC)cc12. The smallest absolute Gasteiger partial charge is 0.227 e. The first-order valence-corrected chi connectivity index (χ1v) is 8.80. The van der Waals surface area contributed by atoms with E-state index in [0.717, 1.165) is 33.5 Å². The Morgan fingerprint density at radius 3 is 2.70 bits per heavy atom. The van der Waals surface area contributed by atoms with Gasteiger partial charge >= 0.3 is 0 Å². The van der Waals surface area contributed by atoms with Crippen molar-refractivity contribution in [2.75, 3.05) is 20.8 Å². The molecule has 0 unspecified atom stereocenters. The number of carbonyl (C=O) groups excluding carboxylic acids is 1. The maximum Gasteiger partial charge on any atom is 0.227 e. The van der Waals surface area contributed by atoms with E-state index in [-0.39, 0.29) is 5.91 Å². The second kappa shape index (κ2) is 8.45. The number of nitrogens with zero attached hydrogens (tertiary/aromatic N) is 1. The number of para-hydroxylation sites is 1. The van der Waals surface area contributed by atoms with E-state index in [1.165, 1.54) is 0 Å². The second-order valence-corrected chi connectivity index (χ2v) is 6.28. The first-order valence-electron chi connectivity index (χ1n) is 8.80. The Hall–Kier alpha value is -3.21. The fraction of sp³-hybridized carbons (Fsp3) is 0.227. The molecule has 3 rings (SSSR count). The zero-order valence-corrected chi connectivity index (χ0v) is 15.7. The maximum atomic E-state index is 13.0. The highest BCUT2D eigenvalue weighted by molar-refractivity contribution is 5.89. The number of nitrogens with one attached hydrogen (secondary N) is 1. The van der Waals surface area contributed by atoms with Crippen LogP contribution in [0.2, 0.25) is 0 Å². The van der Waals surface area contributed by atoms with Crippen molar-refractivity contribution in [3.05, 3.63) is 72.4 Å². The van der Waals surface area contributed by atoms with Crippen LogP contribution in [0.1, 0.15) is 11.1 Å². The Labute approximate surface area is 159 Å². The lowest BCUT2D eigenvalue weighted by atomic mass is 10.1. The average molecular weight is 364 g/mol. The van der Waals surface area contributed by atoms with Crippen LogP contribution in [0.25, 0.3) is 10.9 Å². The predicted octanol–water partition coefficient (Wildman–Crippen LogP) is 3.94. The quantitative estimate of drug-likeness (QED) is 0.616. The van der Waals surface area contributed by atoms with Crippen LogP contribution in [-0.4, -0.2) is 36.6 Å². The Morgan fingerprint density at radius 2 is 1.96 bits per heavy atom. The molecule has 0 aliphatic rings. The summed E-state index contributed by atoms with van der Waals surface area (Å²) in [7, 11) is 3.27. The van der Waals surface area contributed by atoms with Gasteiger partial charge in [0, 0.05) is 35.8 Å². The Bertz CT molecular complexity index is 946. The summed E-state index contributed by atoms with van der Waals surface area (Å²) in [6, 6.07) is 13.5. The van der Waals surface area contributed by atoms with Gasteiger partial charge in [0.05, 0.1) is 20.6 Å². The molecule has 3 aromatic rings. The van der Waals surface area contributed by atoms with E-state index in [1.807, 2.05) is 48.7 Å². The summed E-state index contributed by atoms with van der Waals surface area (Å²) in [5.41, 5.74) is 2.90. The topological polar surface area (TPSA) is 54.6 Å². The highest BCUT2D eigenvalue weighted by atomic mass is 16.5. The molecule has 1 amide bonds. The number of aromatic amines is 1. The van der Waals surface area contributed by atoms with Gasteiger partial charge in [-0.3, -0.25) is 4.79 Å². The van der Waals surface area contributed by atoms with Crippen molar-refractivity contribution in [3.8, 4) is 11.5 Å². The minimum absolute atomic E-state index is 0.0320. The van der Waals surface area contributed by atoms with E-state index in [2.05, 4.69) is 11.6 Å². The molecule has 5 nitrogen and oxygen atoms in total. The van der Waals surface area contributed by atoms with E-state index >= 15 is 0 Å². The van der Waals surface area contributed by atoms with Crippen LogP contribution in [0.3, 0.4) is 0 Å². The molecule has 1 N–H and O–H groups in total. The summed E-state index contributed by atoms with van der Waals surface area (Å²) in [6.07, 6.45) is 3.93. The van der Waals surface area contributed by atoms with Crippen LogP contribution in [0.15, 0.2) is 61.3 Å². The third-order valence-corrected chi connectivity index (χ3v) is 4.57. The van der Waals surface area contributed by atoms with Crippen molar-refractivity contribution in [1.82, 2.24) is 9.88 Å². The molecule has 140 valence electrons. The zero-order chi connectivity index (χ0) is 19.2. The molecule has 0 saturated carbocycles. The van der Waals surface area contributed by atoms with E-state index < -0.39 is 0 Å². The van der Waals surface area contributed by atoms with Gasteiger partial charge in [0.15, 0.2) is 0 Å². The molecule has 0 aliphatic heterocycles. The number of rotatable bonds is 8. The number of carbonyl (C=O) groups is 1. The normalized spacial score (nSPS) is 10.6. The Morgan fingerprint density at radius 1 is 1.15 bits per heavy atom. The molecular weight excluding hydrogens is 340 g/mol. The fourth-order valence-corrected chi connectivity index (χ4v) is 3.16. The number of ether oxygens (including phenoxy) is 2. The minimum atomic E-state index is 0.0320. The molecular formula is C22H24N2O3. The highest BCUT2D eigenvalue weighted by Crippen LogP contribution is 2.25. The van der Waals surface area contributed by atoms with Crippen molar-refractivity contribution in [3.63, 3.8) is 0 Å². The largest absolute Gasteiger partial charge is 0.497 e. The molecule has 0 bridgehead atoms. The lowest BCUT2D eigenvalue weighted by Gasteiger charge is -2.22. The molecule has 0 spiro atoms. The van der Waals surface area contributed by atoms with Gasteiger partial charge < -0.3 is 19.4 Å². The zero-order valence-electron chi connectivity index (χ0n) is 15.7. The van der Waals surface area contributed by atoms with Gasteiger partial charge in [0.1, 0.15) is 11.5 Å². The monoisotopic (exact) mass is 364 g/mol. The number of hydrogen-bond donors (Lipinski definition) is 1. The molecule has 1 aromatic heterocycles. The number of aromatic nitrogens is 1. The molecule has 27 heavy (non-hydrogen) atoms. The molecule has 5 heteroatoms. The van der Waals surface area contributed by atoms with Crippen LogP contribution in [0, 0.1) is 0 Å². The molecule has 0 saturated heterocycles. The molecule has 2 aromatic carbocycles. The summed E-state index contributed by atoms with van der Waals surface area (Å²) >= 11 is 0. The van der Waals surface area contributed by atoms with Gasteiger partial charge in [-0.15, -0.1) is 6.58 Å². The first-order chi connectivity index (χ1) is 13.2. The van der Waals surface area contributed by atoms with Gasteiger partial charge in [0.2, 0.25) is 5.91 Å². The van der Waals surface area contributed by atoms with Crippen molar-refractivity contribution in [2.45, 2.75) is 13.0 Å². The van der Waals surface area contributed by atoms with Gasteiger partial charge in [-0.2, -0.15) is 0 Å². The number of methoxy groups -OCH3 is 2. The van der Waals surface area contributed by atoms with E-state index in [1.54, 1.807) is 25.2 Å². The van der Waals surface area contributed by atoms with Crippen molar-refractivity contribution >= 4 is 16.8 Å². The number of benzene rings is 2. The van der Waals surface area contributed by atoms with Crippen LogP contribution >= 0.6 is 0 Å². The summed E-state index contributed by atoms with van der Waals surface area (Å²) in [6.45, 7) is 4.74. The Kier molecular flexibility index (Phi) is 5.81. The molecule has 0 aliphatic carbocycles. The van der Waals surface area contributed by atoms with Crippen molar-refractivity contribution in [1.29, 1.82) is 0 Å². The Balaban J connectivity index is 1.82. The molecule has 1 heterocycles. The standard InChI is InChI=1S/C22H24N2O3/c1-4-11-24(15-16-7-5-6-8-21(16)27-3)22(25)12-17-14-23-20-10-9-18(26-2)13-19(17)20/h4-10,13-14,23H,1,11-12,15H2,2-3H3. The summed E-state index contributed by atoms with van der Waals surface area (Å²) in [5, 5.41) is 0.999. The van der Waals surface area contributed by atoms with E-state index in [9.17, 15) is 4.79 Å². The van der Waals surface area contributed by atoms with Gasteiger partial charge in [-0.1, -0.05) is 24.3 Å². The van der Waals surface area contributed by atoms with Gasteiger partial charge in [0.25, 0.3) is 0 Å². The lowest BCUT2D eigenvalue weighted by molar-refractivity contribution is -0.130. The van der Waals surface area contributed by atoms with E-state index in [4.69, 9.17) is 9.47 Å². The van der Waals surface area contributed by atoms with E-state index in [0.29, 0.717) is 19.5 Å². The maximum absolute atomic E-state index is 13.0. The molecule has 0 atom stereocenters. The number of fused-ring (bicyclic) bond motifs is 1. The summed E-state index contributed by atoms with van der Waals surface area (Å²) < 4.78 is 10.7. The van der Waals surface area contributed by atoms with Crippen molar-refractivity contribution < 1.29 is 14.3 Å². The third kappa shape index (κ3) is 4.14. The lowest BCUT2D eigenvalue weighted by Crippen LogP contribution is -2.32. The summed E-state index contributed by atoms with van der Waals surface area (Å²) in [5.74, 6) is 1.58. The number of H-pyrrole nitrogens is 1. The van der Waals surface area contributed by atoms with Crippen LogP contribution in [0.5, 0.6) is 11.5 Å². The second-order valence-electron chi connectivity index (χ2n) is 6.28. The van der Waals surface area contributed by atoms with Gasteiger partial charge in [-0.25, -0.2) is 0 Å². The minimum Gasteiger partial charge on any atom is -0.497 e.